The molecular weight excluding hydrogens is 577 g/mol. The topological polar surface area (TPSA) is 30.9 Å². The molecule has 0 radical (unpaired) electrons. The third-order valence-corrected chi connectivity index (χ3v) is 11.0. The minimum atomic E-state index is -0.000694. The minimum absolute atomic E-state index is 0.000694. The summed E-state index contributed by atoms with van der Waals surface area (Å²) in [5.74, 6) is 5.18. The van der Waals surface area contributed by atoms with Gasteiger partial charge in [0.05, 0.1) is 17.1 Å². The highest BCUT2D eigenvalue weighted by Gasteiger charge is 2.45. The molecule has 9 rings (SSSR count). The number of hydrogen-bond acceptors (Lipinski definition) is 4. The van der Waals surface area contributed by atoms with E-state index < -0.39 is 0 Å². The SMILES string of the molecule is CC(C)(C)c1ccc2c(c1)B1c3cc4c(cc3Oc3cc(N5c6ccccc6Oc6ccccc65)cc(c31)O2)C(C)(C)CCC4(C)C. The summed E-state index contributed by atoms with van der Waals surface area (Å²) >= 11 is 0. The first-order chi connectivity index (χ1) is 22.4. The van der Waals surface area contributed by atoms with Gasteiger partial charge in [-0.25, -0.2) is 0 Å². The van der Waals surface area contributed by atoms with Crippen LogP contribution in [-0.2, 0) is 16.2 Å². The van der Waals surface area contributed by atoms with Gasteiger partial charge in [0, 0.05) is 17.6 Å². The fraction of sp³-hybridized carbons (Fsp3) is 0.286. The lowest BCUT2D eigenvalue weighted by molar-refractivity contribution is 0.330. The van der Waals surface area contributed by atoms with Crippen LogP contribution in [0.2, 0.25) is 0 Å². The predicted molar refractivity (Wildman–Crippen MR) is 193 cm³/mol. The molecule has 47 heavy (non-hydrogen) atoms. The number of benzene rings is 5. The Morgan fingerprint density at radius 1 is 0.574 bits per heavy atom. The van der Waals surface area contributed by atoms with Crippen LogP contribution in [-0.4, -0.2) is 6.71 Å². The van der Waals surface area contributed by atoms with E-state index in [4.69, 9.17) is 14.2 Å². The van der Waals surface area contributed by atoms with E-state index in [9.17, 15) is 0 Å². The van der Waals surface area contributed by atoms with E-state index in [2.05, 4.69) is 120 Å². The normalized spacial score (nSPS) is 17.4. The third kappa shape index (κ3) is 4.21. The lowest BCUT2D eigenvalue weighted by atomic mass is 9.34. The van der Waals surface area contributed by atoms with Crippen LogP contribution < -0.4 is 35.5 Å². The van der Waals surface area contributed by atoms with Gasteiger partial charge in [-0.2, -0.15) is 0 Å². The molecule has 0 saturated carbocycles. The van der Waals surface area contributed by atoms with E-state index in [1.165, 1.54) is 34.0 Å². The Kier molecular flexibility index (Phi) is 5.76. The number of anilines is 3. The van der Waals surface area contributed by atoms with Gasteiger partial charge in [-0.3, -0.25) is 0 Å². The largest absolute Gasteiger partial charge is 0.458 e. The van der Waals surface area contributed by atoms with Gasteiger partial charge in [0.2, 0.25) is 0 Å². The molecule has 234 valence electrons. The minimum Gasteiger partial charge on any atom is -0.458 e. The van der Waals surface area contributed by atoms with Crippen molar-refractivity contribution in [3.63, 3.8) is 0 Å². The summed E-state index contributed by atoms with van der Waals surface area (Å²) in [6.45, 7) is 16.4. The van der Waals surface area contributed by atoms with Crippen molar-refractivity contribution < 1.29 is 14.2 Å². The standard InChI is InChI=1S/C42H40BNO3/c1-40(2,3)25-16-17-33-29(20-25)43-30-23-27-28(42(6,7)19-18-41(27,4)5)24-36(30)47-38-22-26(21-37(45-33)39(38)43)44-31-12-8-10-14-34(31)46-35-15-11-9-13-32(35)44/h8-17,20-24H,18-19H2,1-7H3. The van der Waals surface area contributed by atoms with E-state index in [0.717, 1.165) is 63.4 Å². The smallest absolute Gasteiger partial charge is 0.260 e. The summed E-state index contributed by atoms with van der Waals surface area (Å²) in [7, 11) is 0. The zero-order chi connectivity index (χ0) is 32.5. The fourth-order valence-corrected chi connectivity index (χ4v) is 8.13. The molecule has 0 bridgehead atoms. The summed E-state index contributed by atoms with van der Waals surface area (Å²) in [6, 6.07) is 32.4. The second-order valence-electron chi connectivity index (χ2n) is 16.1. The number of hydrogen-bond donors (Lipinski definition) is 0. The van der Waals surface area contributed by atoms with Gasteiger partial charge in [0.15, 0.2) is 11.5 Å². The molecule has 0 aromatic heterocycles. The Labute approximate surface area is 278 Å². The average Bonchev–Trinajstić information content (AvgIpc) is 3.04. The van der Waals surface area contributed by atoms with E-state index >= 15 is 0 Å². The van der Waals surface area contributed by atoms with E-state index in [-0.39, 0.29) is 23.0 Å². The van der Waals surface area contributed by atoms with Gasteiger partial charge >= 0.3 is 0 Å². The van der Waals surface area contributed by atoms with Crippen LogP contribution in [0.15, 0.2) is 91.0 Å². The van der Waals surface area contributed by atoms with Crippen LogP contribution in [0.1, 0.15) is 78.0 Å². The molecule has 4 aliphatic rings. The van der Waals surface area contributed by atoms with Gasteiger partial charge in [-0.05, 0) is 93.1 Å². The molecule has 3 aliphatic heterocycles. The van der Waals surface area contributed by atoms with E-state index in [0.29, 0.717) is 0 Å². The van der Waals surface area contributed by atoms with Crippen molar-refractivity contribution in [3.8, 4) is 34.5 Å². The predicted octanol–water partition coefficient (Wildman–Crippen LogP) is 9.64. The Bertz CT molecular complexity index is 2090. The van der Waals surface area contributed by atoms with Crippen LogP contribution in [0, 0.1) is 0 Å². The van der Waals surface area contributed by atoms with Crippen LogP contribution >= 0.6 is 0 Å². The zero-order valence-electron chi connectivity index (χ0n) is 28.3. The summed E-state index contributed by atoms with van der Waals surface area (Å²) in [4.78, 5) is 2.26. The first kappa shape index (κ1) is 28.6. The number of para-hydroxylation sites is 4. The molecule has 5 aromatic rings. The number of rotatable bonds is 1. The van der Waals surface area contributed by atoms with Crippen molar-refractivity contribution in [3.05, 3.63) is 108 Å². The molecule has 0 unspecified atom stereocenters. The quantitative estimate of drug-likeness (QED) is 0.172. The Morgan fingerprint density at radius 3 is 1.72 bits per heavy atom. The summed E-state index contributed by atoms with van der Waals surface area (Å²) in [6.07, 6.45) is 2.32. The molecule has 5 aromatic carbocycles. The average molecular weight is 618 g/mol. The summed E-state index contributed by atoms with van der Waals surface area (Å²) < 4.78 is 20.2. The molecule has 0 spiro atoms. The van der Waals surface area contributed by atoms with Gasteiger partial charge in [-0.1, -0.05) is 90.9 Å². The van der Waals surface area contributed by atoms with Gasteiger partial charge in [0.25, 0.3) is 6.71 Å². The lowest BCUT2D eigenvalue weighted by Crippen LogP contribution is -2.58. The van der Waals surface area contributed by atoms with Crippen LogP contribution in [0.25, 0.3) is 0 Å². The molecule has 4 nitrogen and oxygen atoms in total. The first-order valence-corrected chi connectivity index (χ1v) is 16.9. The molecule has 5 heteroatoms. The van der Waals surface area contributed by atoms with Crippen molar-refractivity contribution in [1.29, 1.82) is 0 Å². The maximum Gasteiger partial charge on any atom is 0.260 e. The van der Waals surface area contributed by atoms with Crippen molar-refractivity contribution in [2.24, 2.45) is 0 Å². The van der Waals surface area contributed by atoms with Gasteiger partial charge in [0.1, 0.15) is 23.0 Å². The van der Waals surface area contributed by atoms with Crippen LogP contribution in [0.3, 0.4) is 0 Å². The van der Waals surface area contributed by atoms with E-state index in [1.54, 1.807) is 0 Å². The molecule has 0 fully saturated rings. The van der Waals surface area contributed by atoms with Crippen molar-refractivity contribution >= 4 is 40.2 Å². The molecule has 0 amide bonds. The Morgan fingerprint density at radius 2 is 1.11 bits per heavy atom. The lowest BCUT2D eigenvalue weighted by Gasteiger charge is -2.43. The number of ether oxygens (including phenoxy) is 3. The van der Waals surface area contributed by atoms with Crippen LogP contribution in [0.4, 0.5) is 17.1 Å². The van der Waals surface area contributed by atoms with Crippen molar-refractivity contribution in [2.45, 2.75) is 77.6 Å². The highest BCUT2D eigenvalue weighted by atomic mass is 16.5. The summed E-state index contributed by atoms with van der Waals surface area (Å²) in [5.41, 5.74) is 10.8. The maximum absolute atomic E-state index is 7.03. The van der Waals surface area contributed by atoms with Crippen molar-refractivity contribution in [2.75, 3.05) is 4.90 Å². The Balaban J connectivity index is 1.30. The number of nitrogens with zero attached hydrogens (tertiary/aromatic N) is 1. The Hall–Kier alpha value is -4.64. The second-order valence-corrected chi connectivity index (χ2v) is 16.1. The molecule has 0 saturated heterocycles. The fourth-order valence-electron chi connectivity index (χ4n) is 8.13. The van der Waals surface area contributed by atoms with Crippen molar-refractivity contribution in [1.82, 2.24) is 0 Å². The highest BCUT2D eigenvalue weighted by Crippen LogP contribution is 2.53. The second kappa shape index (κ2) is 9.47. The molecule has 1 aliphatic carbocycles. The van der Waals surface area contributed by atoms with E-state index in [1.807, 2.05) is 24.3 Å². The highest BCUT2D eigenvalue weighted by molar-refractivity contribution is 6.98. The monoisotopic (exact) mass is 617 g/mol. The molecule has 0 N–H and O–H groups in total. The van der Waals surface area contributed by atoms with Gasteiger partial charge in [-0.15, -0.1) is 0 Å². The molecule has 0 atom stereocenters. The summed E-state index contributed by atoms with van der Waals surface area (Å²) in [5, 5.41) is 0. The zero-order valence-corrected chi connectivity index (χ0v) is 28.3. The third-order valence-electron chi connectivity index (χ3n) is 11.0. The molecular formula is C42H40BNO3. The van der Waals surface area contributed by atoms with Gasteiger partial charge < -0.3 is 19.1 Å². The molecule has 3 heterocycles. The number of fused-ring (bicyclic) bond motifs is 7. The van der Waals surface area contributed by atoms with Crippen LogP contribution in [0.5, 0.6) is 34.5 Å². The maximum atomic E-state index is 7.03. The first-order valence-electron chi connectivity index (χ1n) is 16.9.